The maximum Gasteiger partial charge on any atom is 0.227 e. The number of carbonyl (C=O) groups excluding carboxylic acids is 1. The normalized spacial score (nSPS) is 17.9. The molecule has 0 aliphatic carbocycles. The van der Waals surface area contributed by atoms with Crippen LogP contribution >= 0.6 is 11.3 Å². The van der Waals surface area contributed by atoms with Gasteiger partial charge in [0.25, 0.3) is 0 Å². The van der Waals surface area contributed by atoms with Gasteiger partial charge >= 0.3 is 0 Å². The van der Waals surface area contributed by atoms with Crippen molar-refractivity contribution in [3.05, 3.63) is 15.6 Å². The summed E-state index contributed by atoms with van der Waals surface area (Å²) in [4.78, 5) is 22.7. The molecule has 1 aromatic heterocycles. The fourth-order valence-corrected chi connectivity index (χ4v) is 3.71. The summed E-state index contributed by atoms with van der Waals surface area (Å²) in [6.07, 6.45) is 1.05. The van der Waals surface area contributed by atoms with Crippen LogP contribution in [-0.4, -0.2) is 46.9 Å². The van der Waals surface area contributed by atoms with Crippen molar-refractivity contribution in [1.29, 1.82) is 0 Å². The number of carbonyl (C=O) groups is 1. The number of hydrogen-bond donors (Lipinski definition) is 0. The molecule has 0 N–H and O–H groups in total. The zero-order valence-electron chi connectivity index (χ0n) is 13.9. The molecular formula is C16H27N3OS. The van der Waals surface area contributed by atoms with E-state index in [1.54, 1.807) is 11.3 Å². The van der Waals surface area contributed by atoms with Gasteiger partial charge in [-0.3, -0.25) is 9.69 Å². The monoisotopic (exact) mass is 309 g/mol. The second kappa shape index (κ2) is 6.44. The van der Waals surface area contributed by atoms with Crippen LogP contribution in [0.3, 0.4) is 0 Å². The summed E-state index contributed by atoms with van der Waals surface area (Å²) in [5, 5.41) is 1.14. The van der Waals surface area contributed by atoms with Crippen LogP contribution in [0.1, 0.15) is 42.8 Å². The Morgan fingerprint density at radius 1 is 1.19 bits per heavy atom. The van der Waals surface area contributed by atoms with E-state index in [1.807, 2.05) is 25.7 Å². The van der Waals surface area contributed by atoms with Gasteiger partial charge in [0.05, 0.1) is 10.7 Å². The van der Waals surface area contributed by atoms with Gasteiger partial charge in [-0.1, -0.05) is 20.8 Å². The smallest absolute Gasteiger partial charge is 0.227 e. The molecule has 0 unspecified atom stereocenters. The van der Waals surface area contributed by atoms with Gasteiger partial charge in [-0.15, -0.1) is 11.3 Å². The van der Waals surface area contributed by atoms with Crippen molar-refractivity contribution in [1.82, 2.24) is 14.8 Å². The second-order valence-electron chi connectivity index (χ2n) is 6.91. The predicted molar refractivity (Wildman–Crippen MR) is 87.5 cm³/mol. The first-order valence-corrected chi connectivity index (χ1v) is 8.53. The third kappa shape index (κ3) is 4.27. The van der Waals surface area contributed by atoms with Crippen molar-refractivity contribution < 1.29 is 4.79 Å². The van der Waals surface area contributed by atoms with Gasteiger partial charge in [0, 0.05) is 43.0 Å². The van der Waals surface area contributed by atoms with Crippen LogP contribution < -0.4 is 0 Å². The lowest BCUT2D eigenvalue weighted by molar-refractivity contribution is -0.139. The van der Waals surface area contributed by atoms with Gasteiger partial charge in [-0.25, -0.2) is 4.98 Å². The molecule has 0 bridgehead atoms. The Hall–Kier alpha value is -0.940. The quantitative estimate of drug-likeness (QED) is 0.843. The highest BCUT2D eigenvalue weighted by atomic mass is 32.1. The Labute approximate surface area is 132 Å². The summed E-state index contributed by atoms with van der Waals surface area (Å²) in [6.45, 7) is 14.9. The first kappa shape index (κ1) is 16.4. The molecule has 0 saturated carbocycles. The van der Waals surface area contributed by atoms with Gasteiger partial charge in [-0.05, 0) is 20.3 Å². The van der Waals surface area contributed by atoms with E-state index in [0.717, 1.165) is 49.8 Å². The van der Waals surface area contributed by atoms with Crippen LogP contribution in [0.25, 0.3) is 0 Å². The van der Waals surface area contributed by atoms with Crippen LogP contribution in [0.15, 0.2) is 0 Å². The molecule has 118 valence electrons. The molecule has 0 aromatic carbocycles. The van der Waals surface area contributed by atoms with E-state index in [-0.39, 0.29) is 11.3 Å². The Balaban J connectivity index is 1.95. The highest BCUT2D eigenvalue weighted by Crippen LogP contribution is 2.22. The summed E-state index contributed by atoms with van der Waals surface area (Å²) in [5.74, 6) is 0.272. The minimum Gasteiger partial charge on any atom is -0.341 e. The molecule has 4 nitrogen and oxygen atoms in total. The molecule has 0 radical (unpaired) electrons. The van der Waals surface area contributed by atoms with E-state index in [4.69, 9.17) is 0 Å². The highest BCUT2D eigenvalue weighted by molar-refractivity contribution is 7.11. The summed E-state index contributed by atoms with van der Waals surface area (Å²) >= 11 is 1.79. The van der Waals surface area contributed by atoms with E-state index >= 15 is 0 Å². The molecule has 1 aliphatic heterocycles. The largest absolute Gasteiger partial charge is 0.341 e. The van der Waals surface area contributed by atoms with Crippen molar-refractivity contribution in [3.63, 3.8) is 0 Å². The number of amides is 1. The van der Waals surface area contributed by atoms with E-state index in [0.29, 0.717) is 0 Å². The molecule has 0 atom stereocenters. The number of aryl methyl sites for hydroxylation is 2. The van der Waals surface area contributed by atoms with Crippen molar-refractivity contribution in [2.24, 2.45) is 5.41 Å². The van der Waals surface area contributed by atoms with E-state index in [1.165, 1.54) is 4.88 Å². The third-order valence-electron chi connectivity index (χ3n) is 3.88. The minimum atomic E-state index is -0.277. The minimum absolute atomic E-state index is 0.272. The fraction of sp³-hybridized carbons (Fsp3) is 0.750. The van der Waals surface area contributed by atoms with E-state index in [9.17, 15) is 4.79 Å². The van der Waals surface area contributed by atoms with Crippen molar-refractivity contribution in [3.8, 4) is 0 Å². The second-order valence-corrected chi connectivity index (χ2v) is 8.20. The average molecular weight is 309 g/mol. The van der Waals surface area contributed by atoms with E-state index in [2.05, 4.69) is 23.7 Å². The van der Waals surface area contributed by atoms with Crippen molar-refractivity contribution >= 4 is 17.2 Å². The molecular weight excluding hydrogens is 282 g/mol. The first-order chi connectivity index (χ1) is 9.77. The lowest BCUT2D eigenvalue weighted by Gasteiger charge is -2.28. The molecule has 1 aliphatic rings. The Morgan fingerprint density at radius 2 is 1.90 bits per heavy atom. The number of rotatable bonds is 2. The number of hydrogen-bond acceptors (Lipinski definition) is 4. The first-order valence-electron chi connectivity index (χ1n) is 7.72. The summed E-state index contributed by atoms with van der Waals surface area (Å²) in [5.41, 5.74) is 0.880. The Bertz CT molecular complexity index is 504. The van der Waals surface area contributed by atoms with Crippen molar-refractivity contribution in [2.75, 3.05) is 26.2 Å². The zero-order valence-corrected chi connectivity index (χ0v) is 14.7. The van der Waals surface area contributed by atoms with Crippen LogP contribution in [0.4, 0.5) is 0 Å². The molecule has 1 saturated heterocycles. The maximum absolute atomic E-state index is 12.4. The topological polar surface area (TPSA) is 36.4 Å². The Kier molecular flexibility index (Phi) is 5.04. The van der Waals surface area contributed by atoms with Crippen molar-refractivity contribution in [2.45, 2.75) is 47.6 Å². The highest BCUT2D eigenvalue weighted by Gasteiger charge is 2.28. The van der Waals surface area contributed by atoms with Crippen LogP contribution in [-0.2, 0) is 11.3 Å². The van der Waals surface area contributed by atoms with Crippen LogP contribution in [0, 0.1) is 19.3 Å². The molecule has 2 rings (SSSR count). The van der Waals surface area contributed by atoms with E-state index < -0.39 is 0 Å². The van der Waals surface area contributed by atoms with Gasteiger partial charge in [0.1, 0.15) is 0 Å². The zero-order chi connectivity index (χ0) is 15.6. The SMILES string of the molecule is Cc1nc(C)c(CN2CCCN(C(=O)C(C)(C)C)CC2)s1. The molecule has 5 heteroatoms. The number of nitrogens with zero attached hydrogens (tertiary/aromatic N) is 3. The van der Waals surface area contributed by atoms with Gasteiger partial charge < -0.3 is 4.90 Å². The van der Waals surface area contributed by atoms with Crippen LogP contribution in [0.5, 0.6) is 0 Å². The fourth-order valence-electron chi connectivity index (χ4n) is 2.73. The predicted octanol–water partition coefficient (Wildman–Crippen LogP) is 2.84. The Morgan fingerprint density at radius 3 is 2.48 bits per heavy atom. The summed E-state index contributed by atoms with van der Waals surface area (Å²) in [6, 6.07) is 0. The maximum atomic E-state index is 12.4. The lowest BCUT2D eigenvalue weighted by atomic mass is 9.94. The van der Waals surface area contributed by atoms with Gasteiger partial charge in [-0.2, -0.15) is 0 Å². The molecule has 21 heavy (non-hydrogen) atoms. The summed E-state index contributed by atoms with van der Waals surface area (Å²) < 4.78 is 0. The van der Waals surface area contributed by atoms with Crippen LogP contribution in [0.2, 0.25) is 0 Å². The summed E-state index contributed by atoms with van der Waals surface area (Å²) in [7, 11) is 0. The molecule has 1 fully saturated rings. The molecule has 2 heterocycles. The van der Waals surface area contributed by atoms with Gasteiger partial charge in [0.15, 0.2) is 0 Å². The molecule has 0 spiro atoms. The average Bonchev–Trinajstić information content (AvgIpc) is 2.59. The van der Waals surface area contributed by atoms with Gasteiger partial charge in [0.2, 0.25) is 5.91 Å². The lowest BCUT2D eigenvalue weighted by Crippen LogP contribution is -2.41. The third-order valence-corrected chi connectivity index (χ3v) is 4.94. The number of aromatic nitrogens is 1. The standard InChI is InChI=1S/C16H27N3OS/c1-12-14(21-13(2)17-12)11-18-7-6-8-19(10-9-18)15(20)16(3,4)5/h6-11H2,1-5H3. The number of thiazole rings is 1. The molecule has 1 aromatic rings. The molecule has 1 amide bonds.